The van der Waals surface area contributed by atoms with E-state index in [-0.39, 0.29) is 11.5 Å². The lowest BCUT2D eigenvalue weighted by Crippen LogP contribution is -2.75. The van der Waals surface area contributed by atoms with E-state index in [1.165, 1.54) is 0 Å². The van der Waals surface area contributed by atoms with E-state index in [0.717, 1.165) is 4.90 Å². The molecule has 6 aromatic carbocycles. The third kappa shape index (κ3) is 13.7. The Labute approximate surface area is 413 Å². The normalized spacial score (nSPS) is 14.2. The van der Waals surface area contributed by atoms with Crippen molar-refractivity contribution in [3.63, 3.8) is 0 Å². The molecule has 410 valence electrons. The van der Waals surface area contributed by atoms with Gasteiger partial charge in [0, 0.05) is 5.56 Å². The molecule has 1 atom stereocenters. The van der Waals surface area contributed by atoms with Gasteiger partial charge in [-0.2, -0.15) is 127 Å². The van der Waals surface area contributed by atoms with Gasteiger partial charge in [0.25, 0.3) is 0 Å². The Morgan fingerprint density at radius 1 is 0.355 bits per heavy atom. The van der Waals surface area contributed by atoms with E-state index in [4.69, 9.17) is 0 Å². The van der Waals surface area contributed by atoms with Gasteiger partial charge in [-0.25, -0.2) is 0 Å². The van der Waals surface area contributed by atoms with Crippen LogP contribution in [-0.2, 0) is 63.6 Å². The molecular formula is C48H29BF24O2S. The Bertz CT molecular complexity index is 2650. The molecule has 6 rings (SSSR count). The molecule has 0 fully saturated rings. The minimum Gasteiger partial charge on any atom is -0.289 e. The predicted octanol–water partition coefficient (Wildman–Crippen LogP) is 14.7. The second-order valence-electron chi connectivity index (χ2n) is 16.6. The van der Waals surface area contributed by atoms with Crippen molar-refractivity contribution in [3.05, 3.63) is 184 Å². The highest BCUT2D eigenvalue weighted by Crippen LogP contribution is 2.41. The van der Waals surface area contributed by atoms with Crippen LogP contribution in [0, 0.1) is 0 Å². The van der Waals surface area contributed by atoms with E-state index in [1.807, 2.05) is 55.5 Å². The number of ketones is 1. The Kier molecular flexibility index (Phi) is 16.5. The minimum absolute atomic E-state index is 0.0590. The number of hydrogen-bond acceptors (Lipinski definition) is 2. The van der Waals surface area contributed by atoms with Crippen LogP contribution in [-0.4, -0.2) is 23.4 Å². The number of Topliss-reactive ketones (excluding diaryl/α,β-unsaturated/α-hetero) is 1. The first-order chi connectivity index (χ1) is 34.4. The second kappa shape index (κ2) is 20.8. The van der Waals surface area contributed by atoms with Gasteiger partial charge in [-0.3, -0.25) is 4.79 Å². The summed E-state index contributed by atoms with van der Waals surface area (Å²) in [4.78, 5) is 13.0. The average Bonchev–Trinajstić information content (AvgIpc) is 3.30. The molecule has 0 N–H and O–H groups in total. The molecule has 0 saturated heterocycles. The molecule has 0 radical (unpaired) electrons. The maximum Gasteiger partial charge on any atom is 0.416 e. The minimum atomic E-state index is -6.13. The van der Waals surface area contributed by atoms with Crippen LogP contribution in [0.15, 0.2) is 138 Å². The molecule has 76 heavy (non-hydrogen) atoms. The van der Waals surface area contributed by atoms with Crippen molar-refractivity contribution in [2.45, 2.75) is 61.2 Å². The van der Waals surface area contributed by atoms with E-state index in [9.17, 15) is 114 Å². The standard InChI is InChI=1S/C32H12BF24.C16H17O2S/c34-25(35,36)13-1-14(26(37,38)39)6-21(5-13)33(22-7-15(27(40,41)42)2-16(8-22)28(43,44)45,23-9-17(29(46,47)48)3-18(10-23)30(49,50)51)24-11-19(31(52,53)54)4-20(12-24)32(55,56)57;1-2-19(18,15-11-7-4-8-12-15)13-16(17)14-9-5-3-6-10-14/h1-12H;3-12H,2,13H2,1H3/q-1;+1. The number of halogens is 24. The van der Waals surface area contributed by atoms with Gasteiger partial charge in [0.2, 0.25) is 5.78 Å². The van der Waals surface area contributed by atoms with Gasteiger partial charge in [-0.05, 0) is 43.3 Å². The van der Waals surface area contributed by atoms with Crippen LogP contribution >= 0.6 is 0 Å². The SMILES string of the molecule is CC[S+](=O)(CC(=O)c1ccccc1)c1ccccc1.FC(F)(F)c1cc([B-](c2cc(C(F)(F)F)cc(C(F)(F)F)c2)(c2cc(C(F)(F)F)cc(C(F)(F)F)c2)c2cc(C(F)(F)F)cc(C(F)(F)F)c2)cc(C(F)(F)F)c1. The smallest absolute Gasteiger partial charge is 0.289 e. The number of rotatable bonds is 9. The summed E-state index contributed by atoms with van der Waals surface area (Å²) in [7, 11) is -2.30. The van der Waals surface area contributed by atoms with Crippen LogP contribution in [0.1, 0.15) is 61.8 Å². The monoisotopic (exact) mass is 1140 g/mol. The van der Waals surface area contributed by atoms with Gasteiger partial charge in [0.15, 0.2) is 10.6 Å². The van der Waals surface area contributed by atoms with Gasteiger partial charge < -0.3 is 0 Å². The van der Waals surface area contributed by atoms with Crippen molar-refractivity contribution in [3.8, 4) is 0 Å². The second-order valence-corrected chi connectivity index (χ2v) is 19.5. The van der Waals surface area contributed by atoms with Gasteiger partial charge in [-0.15, -0.1) is 0 Å². The summed E-state index contributed by atoms with van der Waals surface area (Å²) >= 11 is 0. The number of alkyl halides is 24. The molecule has 0 amide bonds. The Morgan fingerprint density at radius 2 is 0.566 bits per heavy atom. The summed E-state index contributed by atoms with van der Waals surface area (Å²) in [6, 6.07) is 9.51. The fraction of sp³-hybridized carbons (Fsp3) is 0.229. The molecule has 0 bridgehead atoms. The number of benzene rings is 6. The van der Waals surface area contributed by atoms with Crippen molar-refractivity contribution in [2.24, 2.45) is 0 Å². The Morgan fingerprint density at radius 3 is 0.763 bits per heavy atom. The number of carbonyl (C=O) groups excluding carboxylic acids is 1. The lowest BCUT2D eigenvalue weighted by atomic mass is 9.12. The highest BCUT2D eigenvalue weighted by Gasteiger charge is 2.47. The van der Waals surface area contributed by atoms with E-state index >= 15 is 0 Å². The predicted molar refractivity (Wildman–Crippen MR) is 229 cm³/mol. The zero-order chi connectivity index (χ0) is 57.6. The molecule has 0 aliphatic heterocycles. The van der Waals surface area contributed by atoms with E-state index in [1.54, 1.807) is 12.1 Å². The molecular weight excluding hydrogens is 1110 g/mol. The van der Waals surface area contributed by atoms with E-state index < -0.39 is 205 Å². The molecule has 28 heteroatoms. The summed E-state index contributed by atoms with van der Waals surface area (Å²) in [6.07, 6.45) is -54.8. The molecule has 6 aromatic rings. The van der Waals surface area contributed by atoms with Crippen molar-refractivity contribution < 1.29 is 114 Å². The maximum atomic E-state index is 14.2. The molecule has 0 saturated carbocycles. The lowest BCUT2D eigenvalue weighted by Gasteiger charge is -2.46. The van der Waals surface area contributed by atoms with Gasteiger partial charge in [0.05, 0.1) is 44.5 Å². The largest absolute Gasteiger partial charge is 0.416 e. The molecule has 0 aliphatic rings. The quantitative estimate of drug-likeness (QED) is 0.0626. The van der Waals surface area contributed by atoms with Crippen LogP contribution in [0.4, 0.5) is 105 Å². The van der Waals surface area contributed by atoms with Crippen LogP contribution in [0.5, 0.6) is 0 Å². The lowest BCUT2D eigenvalue weighted by molar-refractivity contribution is -0.144. The zero-order valence-electron chi connectivity index (χ0n) is 37.5. The molecule has 0 spiro atoms. The highest BCUT2D eigenvalue weighted by molar-refractivity contribution is 8.03. The Balaban J connectivity index is 0.000000468. The number of hydrogen-bond donors (Lipinski definition) is 0. The highest BCUT2D eigenvalue weighted by atomic mass is 32.2. The van der Waals surface area contributed by atoms with Crippen LogP contribution in [0.25, 0.3) is 0 Å². The van der Waals surface area contributed by atoms with Crippen molar-refractivity contribution in [1.29, 1.82) is 0 Å². The topological polar surface area (TPSA) is 34.1 Å². The van der Waals surface area contributed by atoms with Crippen molar-refractivity contribution in [2.75, 3.05) is 11.5 Å². The Hall–Kier alpha value is -6.48. The fourth-order valence-electron chi connectivity index (χ4n) is 8.01. The number of carbonyl (C=O) groups is 1. The molecule has 0 aliphatic carbocycles. The first kappa shape index (κ1) is 60.4. The van der Waals surface area contributed by atoms with Gasteiger partial charge in [-0.1, -0.05) is 101 Å². The van der Waals surface area contributed by atoms with Crippen molar-refractivity contribution >= 4 is 43.7 Å². The van der Waals surface area contributed by atoms with Gasteiger partial charge >= 0.3 is 49.4 Å². The zero-order valence-corrected chi connectivity index (χ0v) is 38.3. The summed E-state index contributed by atoms with van der Waals surface area (Å²) in [5.74, 6) is 0.504. The van der Waals surface area contributed by atoms with E-state index in [2.05, 4.69) is 0 Å². The summed E-state index contributed by atoms with van der Waals surface area (Å²) < 4.78 is 354. The first-order valence-electron chi connectivity index (χ1n) is 20.9. The van der Waals surface area contributed by atoms with Crippen LogP contribution in [0.3, 0.4) is 0 Å². The van der Waals surface area contributed by atoms with Crippen LogP contribution < -0.4 is 21.9 Å². The molecule has 0 heterocycles. The summed E-state index contributed by atoms with van der Waals surface area (Å²) in [5, 5.41) is 0. The summed E-state index contributed by atoms with van der Waals surface area (Å²) in [5.41, 5.74) is -29.6. The van der Waals surface area contributed by atoms with Crippen molar-refractivity contribution in [1.82, 2.24) is 0 Å². The maximum absolute atomic E-state index is 14.2. The third-order valence-electron chi connectivity index (χ3n) is 11.5. The molecule has 0 aromatic heterocycles. The fourth-order valence-corrected chi connectivity index (χ4v) is 9.96. The van der Waals surface area contributed by atoms with Crippen LogP contribution in [0.2, 0.25) is 0 Å². The third-order valence-corrected chi connectivity index (χ3v) is 14.3. The molecule has 1 unspecified atom stereocenters. The average molecular weight is 1140 g/mol. The van der Waals surface area contributed by atoms with E-state index in [0.29, 0.717) is 11.3 Å². The van der Waals surface area contributed by atoms with Gasteiger partial charge in [0.1, 0.15) is 21.8 Å². The first-order valence-corrected chi connectivity index (χ1v) is 22.8. The molecule has 2 nitrogen and oxygen atoms in total. The summed E-state index contributed by atoms with van der Waals surface area (Å²) in [6.45, 7) is 1.87.